The summed E-state index contributed by atoms with van der Waals surface area (Å²) in [5.74, 6) is 0.267. The molecular formula is C13H18N2O4S. The van der Waals surface area contributed by atoms with Crippen LogP contribution in [-0.4, -0.2) is 45.7 Å². The molecule has 1 aliphatic rings. The molecule has 0 atom stereocenters. The Morgan fingerprint density at radius 3 is 2.50 bits per heavy atom. The molecule has 110 valence electrons. The number of hydrogen-bond donors (Lipinski definition) is 1. The molecule has 1 N–H and O–H groups in total. The van der Waals surface area contributed by atoms with E-state index in [0.29, 0.717) is 17.0 Å². The first kappa shape index (κ1) is 14.6. The molecule has 0 unspecified atom stereocenters. The summed E-state index contributed by atoms with van der Waals surface area (Å²) in [7, 11) is -0.102. The van der Waals surface area contributed by atoms with Crippen molar-refractivity contribution in [1.82, 2.24) is 4.90 Å². The first-order valence-electron chi connectivity index (χ1n) is 6.26. The van der Waals surface area contributed by atoms with Crippen LogP contribution >= 0.6 is 0 Å². The number of amides is 1. The van der Waals surface area contributed by atoms with Crippen LogP contribution in [0.2, 0.25) is 0 Å². The van der Waals surface area contributed by atoms with Gasteiger partial charge in [-0.15, -0.1) is 0 Å². The monoisotopic (exact) mass is 298 g/mol. The summed E-state index contributed by atoms with van der Waals surface area (Å²) in [5, 5.41) is 0. The van der Waals surface area contributed by atoms with Crippen LogP contribution < -0.4 is 9.46 Å². The Kier molecular flexibility index (Phi) is 3.89. The summed E-state index contributed by atoms with van der Waals surface area (Å²) in [6, 6.07) is 4.72. The maximum Gasteiger partial charge on any atom is 0.257 e. The highest BCUT2D eigenvalue weighted by Crippen LogP contribution is 2.31. The largest absolute Gasteiger partial charge is 0.490 e. The van der Waals surface area contributed by atoms with Crippen LogP contribution in [0.4, 0.5) is 5.69 Å². The van der Waals surface area contributed by atoms with Crippen molar-refractivity contribution in [3.8, 4) is 5.75 Å². The number of anilines is 1. The number of ether oxygens (including phenoxy) is 1. The van der Waals surface area contributed by atoms with Crippen molar-refractivity contribution in [2.75, 3.05) is 25.1 Å². The van der Waals surface area contributed by atoms with Gasteiger partial charge in [-0.1, -0.05) is 0 Å². The summed E-state index contributed by atoms with van der Waals surface area (Å²) in [6.07, 6.45) is 3.20. The van der Waals surface area contributed by atoms with Crippen molar-refractivity contribution < 1.29 is 17.9 Å². The molecule has 0 aromatic heterocycles. The Balaban J connectivity index is 2.35. The predicted molar refractivity (Wildman–Crippen MR) is 76.6 cm³/mol. The zero-order chi connectivity index (χ0) is 14.9. The summed E-state index contributed by atoms with van der Waals surface area (Å²) in [6.45, 7) is 0. The number of benzene rings is 1. The standard InChI is InChI=1S/C13H18N2O4S/c1-15(2)13(16)11-8-9(14-20(3,17)18)4-7-12(11)19-10-5-6-10/h4,7-8,10,14H,5-6H2,1-3H3. The van der Waals surface area contributed by atoms with Gasteiger partial charge in [0.1, 0.15) is 5.75 Å². The van der Waals surface area contributed by atoms with E-state index in [-0.39, 0.29) is 12.0 Å². The Labute approximate surface area is 118 Å². The number of hydrogen-bond acceptors (Lipinski definition) is 4. The van der Waals surface area contributed by atoms with E-state index in [1.54, 1.807) is 26.2 Å². The normalized spacial score (nSPS) is 14.8. The van der Waals surface area contributed by atoms with Crippen LogP contribution in [0, 0.1) is 0 Å². The first-order chi connectivity index (χ1) is 9.26. The zero-order valence-electron chi connectivity index (χ0n) is 11.7. The van der Waals surface area contributed by atoms with Gasteiger partial charge in [0.25, 0.3) is 5.91 Å². The van der Waals surface area contributed by atoms with Crippen LogP contribution in [0.15, 0.2) is 18.2 Å². The molecule has 0 aliphatic heterocycles. The number of carbonyl (C=O) groups excluding carboxylic acids is 1. The molecule has 1 aromatic carbocycles. The molecule has 0 radical (unpaired) electrons. The van der Waals surface area contributed by atoms with Gasteiger partial charge in [-0.3, -0.25) is 9.52 Å². The fourth-order valence-corrected chi connectivity index (χ4v) is 2.24. The van der Waals surface area contributed by atoms with E-state index in [1.807, 2.05) is 0 Å². The van der Waals surface area contributed by atoms with Gasteiger partial charge in [-0.25, -0.2) is 8.42 Å². The minimum atomic E-state index is -3.38. The SMILES string of the molecule is CN(C)C(=O)c1cc(NS(C)(=O)=O)ccc1OC1CC1. The minimum absolute atomic E-state index is 0.164. The summed E-state index contributed by atoms with van der Waals surface area (Å²) < 4.78 is 30.5. The lowest BCUT2D eigenvalue weighted by atomic mass is 10.1. The molecule has 2 rings (SSSR count). The highest BCUT2D eigenvalue weighted by atomic mass is 32.2. The van der Waals surface area contributed by atoms with Gasteiger partial charge in [0.2, 0.25) is 10.0 Å². The van der Waals surface area contributed by atoms with Crippen LogP contribution in [0.5, 0.6) is 5.75 Å². The molecule has 1 aromatic rings. The molecule has 0 saturated heterocycles. The molecule has 0 bridgehead atoms. The molecular weight excluding hydrogens is 280 g/mol. The van der Waals surface area contributed by atoms with Crippen molar-refractivity contribution in [3.63, 3.8) is 0 Å². The van der Waals surface area contributed by atoms with Gasteiger partial charge >= 0.3 is 0 Å². The van der Waals surface area contributed by atoms with Gasteiger partial charge in [-0.2, -0.15) is 0 Å². The second-order valence-corrected chi connectivity index (χ2v) is 6.85. The van der Waals surface area contributed by atoms with E-state index in [1.165, 1.54) is 11.0 Å². The van der Waals surface area contributed by atoms with Gasteiger partial charge in [0.05, 0.1) is 17.9 Å². The van der Waals surface area contributed by atoms with E-state index in [4.69, 9.17) is 4.74 Å². The smallest absolute Gasteiger partial charge is 0.257 e. The third kappa shape index (κ3) is 3.86. The number of sulfonamides is 1. The van der Waals surface area contributed by atoms with E-state index >= 15 is 0 Å². The molecule has 1 amide bonds. The van der Waals surface area contributed by atoms with Crippen molar-refractivity contribution in [2.24, 2.45) is 0 Å². The Morgan fingerprint density at radius 1 is 1.35 bits per heavy atom. The van der Waals surface area contributed by atoms with Crippen LogP contribution in [0.25, 0.3) is 0 Å². The van der Waals surface area contributed by atoms with Crippen LogP contribution in [-0.2, 0) is 10.0 Å². The Bertz CT molecular complexity index is 621. The fraction of sp³-hybridized carbons (Fsp3) is 0.462. The van der Waals surface area contributed by atoms with Gasteiger partial charge < -0.3 is 9.64 Å². The predicted octanol–water partition coefficient (Wildman–Crippen LogP) is 1.30. The lowest BCUT2D eigenvalue weighted by Gasteiger charge is -2.16. The first-order valence-corrected chi connectivity index (χ1v) is 8.15. The third-order valence-corrected chi connectivity index (χ3v) is 3.34. The van der Waals surface area contributed by atoms with E-state index < -0.39 is 10.0 Å². The third-order valence-electron chi connectivity index (χ3n) is 2.74. The highest BCUT2D eigenvalue weighted by Gasteiger charge is 2.26. The zero-order valence-corrected chi connectivity index (χ0v) is 12.5. The average molecular weight is 298 g/mol. The molecule has 1 fully saturated rings. The molecule has 20 heavy (non-hydrogen) atoms. The van der Waals surface area contributed by atoms with E-state index in [9.17, 15) is 13.2 Å². The van der Waals surface area contributed by atoms with Crippen LogP contribution in [0.1, 0.15) is 23.2 Å². The number of carbonyl (C=O) groups is 1. The molecule has 1 saturated carbocycles. The number of rotatable bonds is 5. The van der Waals surface area contributed by atoms with Crippen molar-refractivity contribution >= 4 is 21.6 Å². The molecule has 6 nitrogen and oxygen atoms in total. The molecule has 0 heterocycles. The fourth-order valence-electron chi connectivity index (χ4n) is 1.68. The lowest BCUT2D eigenvalue weighted by Crippen LogP contribution is -2.23. The highest BCUT2D eigenvalue weighted by molar-refractivity contribution is 7.92. The quantitative estimate of drug-likeness (QED) is 0.889. The van der Waals surface area contributed by atoms with Crippen molar-refractivity contribution in [2.45, 2.75) is 18.9 Å². The topological polar surface area (TPSA) is 75.7 Å². The number of nitrogens with one attached hydrogen (secondary N) is 1. The minimum Gasteiger partial charge on any atom is -0.490 e. The second-order valence-electron chi connectivity index (χ2n) is 5.10. The van der Waals surface area contributed by atoms with Crippen LogP contribution in [0.3, 0.4) is 0 Å². The number of nitrogens with zero attached hydrogens (tertiary/aromatic N) is 1. The average Bonchev–Trinajstić information content (AvgIpc) is 3.12. The molecule has 1 aliphatic carbocycles. The van der Waals surface area contributed by atoms with Crippen molar-refractivity contribution in [3.05, 3.63) is 23.8 Å². The van der Waals surface area contributed by atoms with Gasteiger partial charge in [0, 0.05) is 19.8 Å². The Morgan fingerprint density at radius 2 is 2.00 bits per heavy atom. The molecule has 7 heteroatoms. The van der Waals surface area contributed by atoms with Crippen molar-refractivity contribution in [1.29, 1.82) is 0 Å². The van der Waals surface area contributed by atoms with Gasteiger partial charge in [0.15, 0.2) is 0 Å². The lowest BCUT2D eigenvalue weighted by molar-refractivity contribution is 0.0823. The van der Waals surface area contributed by atoms with Gasteiger partial charge in [-0.05, 0) is 31.0 Å². The second kappa shape index (κ2) is 5.32. The maximum atomic E-state index is 12.2. The summed E-state index contributed by atoms with van der Waals surface area (Å²) in [5.41, 5.74) is 0.705. The van der Waals surface area contributed by atoms with E-state index in [2.05, 4.69) is 4.72 Å². The van der Waals surface area contributed by atoms with E-state index in [0.717, 1.165) is 19.1 Å². The maximum absolute atomic E-state index is 12.2. The Hall–Kier alpha value is -1.76. The summed E-state index contributed by atoms with van der Waals surface area (Å²) in [4.78, 5) is 13.6. The molecule has 0 spiro atoms. The summed E-state index contributed by atoms with van der Waals surface area (Å²) >= 11 is 0.